The molecule has 0 aromatic heterocycles. The van der Waals surface area contributed by atoms with Crippen LogP contribution in [0.1, 0.15) is 120 Å². The van der Waals surface area contributed by atoms with E-state index in [2.05, 4.69) is 113 Å². The number of fused-ring (bicyclic) bond motifs is 14. The van der Waals surface area contributed by atoms with Crippen molar-refractivity contribution in [1.82, 2.24) is 0 Å². The van der Waals surface area contributed by atoms with E-state index in [-0.39, 0.29) is 21.7 Å². The molecule has 0 radical (unpaired) electrons. The molecule has 4 aliphatic carbocycles. The summed E-state index contributed by atoms with van der Waals surface area (Å²) in [5.41, 5.74) is 12.4. The quantitative estimate of drug-likeness (QED) is 0.185. The summed E-state index contributed by atoms with van der Waals surface area (Å²) in [7, 11) is 1.69. The van der Waals surface area contributed by atoms with Crippen LogP contribution in [0, 0.1) is 16.2 Å². The molecule has 4 aliphatic rings. The Morgan fingerprint density at radius 2 is 1.18 bits per heavy atom. The van der Waals surface area contributed by atoms with E-state index in [0.717, 1.165) is 60.4 Å². The maximum Gasteiger partial charge on any atom is 0.123 e. The Labute approximate surface area is 332 Å². The van der Waals surface area contributed by atoms with Crippen molar-refractivity contribution in [2.45, 2.75) is 110 Å². The fraction of sp³-hybridized carbons (Fsp3) is 0.396. The maximum atomic E-state index is 11.7. The Balaban J connectivity index is 1.10. The summed E-state index contributed by atoms with van der Waals surface area (Å²) in [6.07, 6.45) is 11.3. The van der Waals surface area contributed by atoms with Crippen LogP contribution in [0.5, 0.6) is 17.2 Å². The molecule has 2 spiro atoms. The Morgan fingerprint density at radius 1 is 0.554 bits per heavy atom. The first-order chi connectivity index (χ1) is 26.9. The fourth-order valence-electron chi connectivity index (χ4n) is 13.5. The number of rotatable bonds is 5. The van der Waals surface area contributed by atoms with E-state index in [1.165, 1.54) is 81.1 Å². The molecular formula is C53H56O3. The minimum absolute atomic E-state index is 0.00195. The first kappa shape index (κ1) is 35.6. The van der Waals surface area contributed by atoms with Gasteiger partial charge in [0.05, 0.1) is 7.11 Å². The first-order valence-corrected chi connectivity index (χ1v) is 21.2. The van der Waals surface area contributed by atoms with Crippen molar-refractivity contribution in [3.8, 4) is 39.5 Å². The first-order valence-electron chi connectivity index (χ1n) is 21.2. The molecule has 6 aromatic carbocycles. The molecule has 0 bridgehead atoms. The molecule has 286 valence electrons. The monoisotopic (exact) mass is 740 g/mol. The molecule has 10 rings (SSSR count). The average Bonchev–Trinajstić information content (AvgIpc) is 3.59. The van der Waals surface area contributed by atoms with Crippen LogP contribution in [0.3, 0.4) is 0 Å². The summed E-state index contributed by atoms with van der Waals surface area (Å²) in [6, 6.07) is 35.4. The summed E-state index contributed by atoms with van der Waals surface area (Å²) in [5.74, 6) is 1.50. The number of aromatic hydroxyl groups is 2. The van der Waals surface area contributed by atoms with Crippen molar-refractivity contribution in [3.05, 3.63) is 125 Å². The molecule has 3 nitrogen and oxygen atoms in total. The van der Waals surface area contributed by atoms with Crippen molar-refractivity contribution in [2.75, 3.05) is 7.11 Å². The molecule has 2 unspecified atom stereocenters. The normalized spacial score (nSPS) is 23.6. The molecule has 2 fully saturated rings. The van der Waals surface area contributed by atoms with Crippen LogP contribution in [0.25, 0.3) is 43.8 Å². The molecule has 6 aromatic rings. The summed E-state index contributed by atoms with van der Waals surface area (Å²) < 4.78 is 5.59. The van der Waals surface area contributed by atoms with E-state index < -0.39 is 0 Å². The lowest BCUT2D eigenvalue weighted by atomic mass is 9.51. The standard InChI is InChI=1S/C53H56O3/c1-7-51(8-2)21-23-52(24-22-51)42-20-17-33(25-40(42)48-36-14-10-9-13-35(36)45(54)27-43(48)52)29-50(5)30-49(3,4)31-53(32-50)41-16-12-11-15-38(41)47-37-19-18-34(56-6)26-39(37)46(55)28-44(47)53/h9-20,25-28,54-55H,7-8,21-24,29-32H2,1-6H3. The Bertz CT molecular complexity index is 2580. The average molecular weight is 741 g/mol. The van der Waals surface area contributed by atoms with Gasteiger partial charge in [-0.3, -0.25) is 0 Å². The zero-order valence-electron chi connectivity index (χ0n) is 34.1. The van der Waals surface area contributed by atoms with Gasteiger partial charge in [0.25, 0.3) is 0 Å². The highest BCUT2D eigenvalue weighted by Gasteiger charge is 2.55. The molecule has 0 aliphatic heterocycles. The predicted molar refractivity (Wildman–Crippen MR) is 231 cm³/mol. The molecule has 2 saturated carbocycles. The number of hydrogen-bond donors (Lipinski definition) is 2. The van der Waals surface area contributed by atoms with Crippen molar-refractivity contribution in [1.29, 1.82) is 0 Å². The molecule has 0 saturated heterocycles. The second-order valence-corrected chi connectivity index (χ2v) is 19.6. The number of ether oxygens (including phenoxy) is 1. The van der Waals surface area contributed by atoms with Gasteiger partial charge in [0, 0.05) is 21.6 Å². The van der Waals surface area contributed by atoms with E-state index >= 15 is 0 Å². The Morgan fingerprint density at radius 3 is 1.91 bits per heavy atom. The lowest BCUT2D eigenvalue weighted by molar-refractivity contribution is 0.0511. The second-order valence-electron chi connectivity index (χ2n) is 19.6. The van der Waals surface area contributed by atoms with Crippen molar-refractivity contribution in [3.63, 3.8) is 0 Å². The summed E-state index contributed by atoms with van der Waals surface area (Å²) in [5, 5.41) is 27.3. The van der Waals surface area contributed by atoms with Crippen LogP contribution in [0.4, 0.5) is 0 Å². The third-order valence-corrected chi connectivity index (χ3v) is 15.7. The van der Waals surface area contributed by atoms with Gasteiger partial charge in [0.1, 0.15) is 17.2 Å². The van der Waals surface area contributed by atoms with Crippen molar-refractivity contribution < 1.29 is 14.9 Å². The lowest BCUT2D eigenvalue weighted by Crippen LogP contribution is -2.46. The van der Waals surface area contributed by atoms with E-state index in [1.54, 1.807) is 7.11 Å². The van der Waals surface area contributed by atoms with Gasteiger partial charge < -0.3 is 14.9 Å². The Hall–Kier alpha value is -4.76. The third kappa shape index (κ3) is 4.94. The maximum absolute atomic E-state index is 11.7. The number of phenols is 2. The summed E-state index contributed by atoms with van der Waals surface area (Å²) in [6.45, 7) is 12.2. The van der Waals surface area contributed by atoms with Gasteiger partial charge in [-0.1, -0.05) is 114 Å². The highest BCUT2D eigenvalue weighted by Crippen LogP contribution is 2.66. The zero-order valence-corrected chi connectivity index (χ0v) is 34.1. The highest BCUT2D eigenvalue weighted by molar-refractivity contribution is 6.06. The topological polar surface area (TPSA) is 49.7 Å². The van der Waals surface area contributed by atoms with Crippen LogP contribution in [0.2, 0.25) is 0 Å². The van der Waals surface area contributed by atoms with Gasteiger partial charge in [-0.15, -0.1) is 0 Å². The van der Waals surface area contributed by atoms with Gasteiger partial charge in [0.15, 0.2) is 0 Å². The van der Waals surface area contributed by atoms with Crippen LogP contribution in [-0.4, -0.2) is 17.3 Å². The van der Waals surface area contributed by atoms with E-state index in [9.17, 15) is 10.2 Å². The van der Waals surface area contributed by atoms with Gasteiger partial charge >= 0.3 is 0 Å². The van der Waals surface area contributed by atoms with E-state index in [4.69, 9.17) is 4.74 Å². The SMILES string of the molecule is CCC1(CC)CCC2(CC1)c1ccc(CC3(C)CC(C)(C)CC4(C3)c3ccccc3-c3c4cc(O)c4cc(OC)ccc34)cc1-c1c2cc(O)c2ccccc12. The number of methoxy groups -OCH3 is 1. The summed E-state index contributed by atoms with van der Waals surface area (Å²) in [4.78, 5) is 0. The second kappa shape index (κ2) is 12.1. The fourth-order valence-corrected chi connectivity index (χ4v) is 13.5. The summed E-state index contributed by atoms with van der Waals surface area (Å²) >= 11 is 0. The zero-order chi connectivity index (χ0) is 38.8. The van der Waals surface area contributed by atoms with Gasteiger partial charge in [-0.2, -0.15) is 0 Å². The highest BCUT2D eigenvalue weighted by atomic mass is 16.5. The van der Waals surface area contributed by atoms with E-state index in [1.807, 2.05) is 18.2 Å². The third-order valence-electron chi connectivity index (χ3n) is 15.7. The largest absolute Gasteiger partial charge is 0.507 e. The van der Waals surface area contributed by atoms with Crippen molar-refractivity contribution in [2.24, 2.45) is 16.2 Å². The molecule has 3 heteroatoms. The minimum atomic E-state index is -0.220. The minimum Gasteiger partial charge on any atom is -0.507 e. The Kier molecular flexibility index (Phi) is 7.72. The lowest BCUT2D eigenvalue weighted by Gasteiger charge is -2.53. The molecule has 0 amide bonds. The van der Waals surface area contributed by atoms with Gasteiger partial charge in [0.2, 0.25) is 0 Å². The van der Waals surface area contributed by atoms with Crippen LogP contribution in [-0.2, 0) is 17.3 Å². The number of hydrogen-bond acceptors (Lipinski definition) is 3. The van der Waals surface area contributed by atoms with Crippen LogP contribution in [0.15, 0.2) is 97.1 Å². The molecular weight excluding hydrogens is 685 g/mol. The van der Waals surface area contributed by atoms with Gasteiger partial charge in [-0.25, -0.2) is 0 Å². The molecule has 2 N–H and O–H groups in total. The molecule has 56 heavy (non-hydrogen) atoms. The molecule has 0 heterocycles. The number of benzene rings is 6. The van der Waals surface area contributed by atoms with Crippen LogP contribution >= 0.6 is 0 Å². The smallest absolute Gasteiger partial charge is 0.123 e. The molecule has 2 atom stereocenters. The number of phenolic OH excluding ortho intramolecular Hbond substituents is 2. The van der Waals surface area contributed by atoms with Crippen LogP contribution < -0.4 is 4.74 Å². The predicted octanol–water partition coefficient (Wildman–Crippen LogP) is 13.8. The van der Waals surface area contributed by atoms with Crippen molar-refractivity contribution >= 4 is 21.5 Å². The van der Waals surface area contributed by atoms with Gasteiger partial charge in [-0.05, 0) is 159 Å². The van der Waals surface area contributed by atoms with E-state index in [0.29, 0.717) is 16.9 Å².